The predicted molar refractivity (Wildman–Crippen MR) is 130 cm³/mol. The van der Waals surface area contributed by atoms with Gasteiger partial charge in [-0.25, -0.2) is 9.97 Å². The Balaban J connectivity index is 2.09. The fourth-order valence-corrected chi connectivity index (χ4v) is 3.69. The van der Waals surface area contributed by atoms with Crippen LogP contribution in [0.4, 0.5) is 5.82 Å². The van der Waals surface area contributed by atoms with Crippen LogP contribution in [0.5, 0.6) is 0 Å². The second kappa shape index (κ2) is 10.2. The Bertz CT molecular complexity index is 1020. The average molecular weight is 418 g/mol. The normalized spacial score (nSPS) is 17.5. The maximum atomic E-state index is 10.1. The number of hydrogen-bond acceptors (Lipinski definition) is 6. The van der Waals surface area contributed by atoms with Crippen LogP contribution in [0.15, 0.2) is 60.4 Å². The number of rotatable bonds is 7. The largest absolute Gasteiger partial charge is 0.391 e. The molecule has 162 valence electrons. The number of nitrogens with zero attached hydrogens (tertiary/aromatic N) is 5. The third-order valence-electron chi connectivity index (χ3n) is 5.19. The highest BCUT2D eigenvalue weighted by atomic mass is 16.3. The summed E-state index contributed by atoms with van der Waals surface area (Å²) in [5.74, 6) is 1.48. The van der Waals surface area contributed by atoms with Crippen molar-refractivity contribution in [2.75, 3.05) is 39.1 Å². The van der Waals surface area contributed by atoms with Crippen molar-refractivity contribution < 1.29 is 5.11 Å². The number of β-amino-alcohol motifs (C(OH)–C–C–N with tert-alkyl or cyclic N) is 1. The highest BCUT2D eigenvalue weighted by molar-refractivity contribution is 6.11. The molecule has 0 radical (unpaired) electrons. The topological polar surface area (TPSA) is 64.9 Å². The van der Waals surface area contributed by atoms with E-state index in [0.29, 0.717) is 12.4 Å². The quantitative estimate of drug-likeness (QED) is 0.547. The van der Waals surface area contributed by atoms with Crippen molar-refractivity contribution in [1.29, 1.82) is 0 Å². The Morgan fingerprint density at radius 3 is 2.74 bits per heavy atom. The van der Waals surface area contributed by atoms with Crippen molar-refractivity contribution in [2.24, 2.45) is 4.99 Å². The molecule has 1 aliphatic heterocycles. The fourth-order valence-electron chi connectivity index (χ4n) is 3.69. The zero-order valence-corrected chi connectivity index (χ0v) is 18.8. The highest BCUT2D eigenvalue weighted by Gasteiger charge is 2.25. The number of aromatic nitrogens is 2. The number of aliphatic hydroxyl groups is 1. The van der Waals surface area contributed by atoms with Crippen LogP contribution in [0.1, 0.15) is 24.5 Å². The van der Waals surface area contributed by atoms with E-state index in [-0.39, 0.29) is 6.10 Å². The minimum Gasteiger partial charge on any atom is -0.391 e. The SMILES string of the molecule is C=C/C(=C\N(C)C)c1cccc(-c2ncc(/C(C=NC)=C/C)c(N3CCC(O)C3)n2)c1. The van der Waals surface area contributed by atoms with Crippen molar-refractivity contribution in [3.8, 4) is 11.4 Å². The number of aliphatic hydroxyl groups excluding tert-OH is 1. The maximum absolute atomic E-state index is 10.1. The Morgan fingerprint density at radius 2 is 2.13 bits per heavy atom. The van der Waals surface area contributed by atoms with E-state index in [9.17, 15) is 5.11 Å². The van der Waals surface area contributed by atoms with Crippen LogP contribution < -0.4 is 4.90 Å². The molecule has 6 heteroatoms. The number of aliphatic imine (C=N–C) groups is 1. The van der Waals surface area contributed by atoms with Gasteiger partial charge >= 0.3 is 0 Å². The molecular formula is C25H31N5O. The van der Waals surface area contributed by atoms with Crippen molar-refractivity contribution in [3.63, 3.8) is 0 Å². The van der Waals surface area contributed by atoms with E-state index in [2.05, 4.69) is 33.6 Å². The molecule has 1 aliphatic rings. The molecule has 1 aromatic carbocycles. The van der Waals surface area contributed by atoms with E-state index in [1.807, 2.05) is 68.8 Å². The lowest BCUT2D eigenvalue weighted by atomic mass is 10.0. The standard InChI is InChI=1S/C25H31N5O/c1-6-18(14-26-3)23-15-27-24(28-25(23)30-12-11-22(31)17-30)21-10-8-9-20(13-21)19(7-2)16-29(4)5/h6-10,13-16,22,31H,2,11-12,17H2,1,3-5H3/b18-6+,19-16+,26-14?. The summed E-state index contributed by atoms with van der Waals surface area (Å²) in [5, 5.41) is 10.1. The zero-order chi connectivity index (χ0) is 22.4. The lowest BCUT2D eigenvalue weighted by molar-refractivity contribution is 0.198. The Hall–Kier alpha value is -3.25. The van der Waals surface area contributed by atoms with E-state index in [4.69, 9.17) is 4.98 Å². The summed E-state index contributed by atoms with van der Waals surface area (Å²) in [6, 6.07) is 8.16. The summed E-state index contributed by atoms with van der Waals surface area (Å²) in [4.78, 5) is 17.9. The molecular weight excluding hydrogens is 386 g/mol. The first kappa shape index (κ1) is 22.4. The van der Waals surface area contributed by atoms with Gasteiger partial charge in [0.1, 0.15) is 5.82 Å². The summed E-state index contributed by atoms with van der Waals surface area (Å²) in [7, 11) is 5.73. The first-order valence-corrected chi connectivity index (χ1v) is 10.5. The number of anilines is 1. The van der Waals surface area contributed by atoms with Gasteiger partial charge in [0.15, 0.2) is 5.82 Å². The molecule has 2 aromatic rings. The molecule has 0 amide bonds. The fraction of sp³-hybridized carbons (Fsp3) is 0.320. The van der Waals surface area contributed by atoms with Crippen LogP contribution in [0.2, 0.25) is 0 Å². The predicted octanol–water partition coefficient (Wildman–Crippen LogP) is 3.91. The summed E-state index contributed by atoms with van der Waals surface area (Å²) in [5.41, 5.74) is 4.90. The van der Waals surface area contributed by atoms with Crippen LogP contribution in [-0.2, 0) is 0 Å². The highest BCUT2D eigenvalue weighted by Crippen LogP contribution is 2.30. The molecule has 0 aliphatic carbocycles. The zero-order valence-electron chi connectivity index (χ0n) is 18.8. The smallest absolute Gasteiger partial charge is 0.161 e. The van der Waals surface area contributed by atoms with Crippen LogP contribution in [0.3, 0.4) is 0 Å². The van der Waals surface area contributed by atoms with E-state index in [1.54, 1.807) is 7.05 Å². The average Bonchev–Trinajstić information content (AvgIpc) is 3.21. The lowest BCUT2D eigenvalue weighted by Crippen LogP contribution is -2.24. The van der Waals surface area contributed by atoms with Gasteiger partial charge in [0, 0.05) is 69.5 Å². The monoisotopic (exact) mass is 417 g/mol. The summed E-state index contributed by atoms with van der Waals surface area (Å²) in [6.45, 7) is 7.25. The Labute approximate surface area is 185 Å². The molecule has 0 spiro atoms. The third-order valence-corrected chi connectivity index (χ3v) is 5.19. The van der Waals surface area contributed by atoms with E-state index >= 15 is 0 Å². The van der Waals surface area contributed by atoms with Gasteiger partial charge in [0.2, 0.25) is 0 Å². The molecule has 3 rings (SSSR count). The molecule has 0 saturated carbocycles. The second-order valence-corrected chi connectivity index (χ2v) is 7.78. The van der Waals surface area contributed by atoms with Gasteiger partial charge in [0.25, 0.3) is 0 Å². The molecule has 6 nitrogen and oxygen atoms in total. The van der Waals surface area contributed by atoms with Crippen molar-refractivity contribution in [1.82, 2.24) is 14.9 Å². The second-order valence-electron chi connectivity index (χ2n) is 7.78. The molecule has 31 heavy (non-hydrogen) atoms. The number of allylic oxidation sites excluding steroid dienone is 4. The van der Waals surface area contributed by atoms with E-state index < -0.39 is 0 Å². The van der Waals surface area contributed by atoms with E-state index in [0.717, 1.165) is 46.6 Å². The first-order chi connectivity index (χ1) is 15.0. The molecule has 1 unspecified atom stereocenters. The van der Waals surface area contributed by atoms with Gasteiger partial charge in [-0.15, -0.1) is 0 Å². The van der Waals surface area contributed by atoms with Gasteiger partial charge in [-0.1, -0.05) is 36.9 Å². The third kappa shape index (κ3) is 5.27. The molecule has 1 aromatic heterocycles. The summed E-state index contributed by atoms with van der Waals surface area (Å²) >= 11 is 0. The molecule has 1 fully saturated rings. The van der Waals surface area contributed by atoms with Crippen LogP contribution in [-0.4, -0.2) is 66.5 Å². The minimum absolute atomic E-state index is 0.338. The number of hydrogen-bond donors (Lipinski definition) is 1. The van der Waals surface area contributed by atoms with Crippen molar-refractivity contribution in [2.45, 2.75) is 19.4 Å². The number of benzene rings is 1. The van der Waals surface area contributed by atoms with Gasteiger partial charge in [-0.2, -0.15) is 0 Å². The van der Waals surface area contributed by atoms with Crippen LogP contribution in [0, 0.1) is 0 Å². The van der Waals surface area contributed by atoms with Crippen molar-refractivity contribution >= 4 is 23.2 Å². The molecule has 1 atom stereocenters. The Kier molecular flexibility index (Phi) is 7.36. The molecule has 1 saturated heterocycles. The lowest BCUT2D eigenvalue weighted by Gasteiger charge is -2.21. The molecule has 2 heterocycles. The summed E-state index contributed by atoms with van der Waals surface area (Å²) in [6.07, 6.45) is 9.96. The van der Waals surface area contributed by atoms with Crippen LogP contribution in [0.25, 0.3) is 22.5 Å². The molecule has 1 N–H and O–H groups in total. The van der Waals surface area contributed by atoms with Crippen LogP contribution >= 0.6 is 0 Å². The summed E-state index contributed by atoms with van der Waals surface area (Å²) < 4.78 is 0. The van der Waals surface area contributed by atoms with Gasteiger partial charge in [0.05, 0.1) is 6.10 Å². The van der Waals surface area contributed by atoms with E-state index in [1.165, 1.54) is 0 Å². The first-order valence-electron chi connectivity index (χ1n) is 10.5. The van der Waals surface area contributed by atoms with Gasteiger partial charge < -0.3 is 14.9 Å². The Morgan fingerprint density at radius 1 is 1.32 bits per heavy atom. The maximum Gasteiger partial charge on any atom is 0.161 e. The minimum atomic E-state index is -0.338. The van der Waals surface area contributed by atoms with Gasteiger partial charge in [-0.05, 0) is 30.5 Å². The molecule has 0 bridgehead atoms. The van der Waals surface area contributed by atoms with Crippen molar-refractivity contribution in [3.05, 3.63) is 66.5 Å². The van der Waals surface area contributed by atoms with Gasteiger partial charge in [-0.3, -0.25) is 4.99 Å².